The molecular formula is C21H14F3NO3S. The predicted molar refractivity (Wildman–Crippen MR) is 103 cm³/mol. The number of carbonyl (C=O) groups is 2. The predicted octanol–water partition coefficient (Wildman–Crippen LogP) is 5.61. The van der Waals surface area contributed by atoms with Crippen molar-refractivity contribution in [1.82, 2.24) is 0 Å². The number of halogens is 3. The first kappa shape index (κ1) is 19.2. The minimum absolute atomic E-state index is 0.0339. The largest absolute Gasteiger partial charge is 0.477 e. The third-order valence-electron chi connectivity index (χ3n) is 4.80. The zero-order valence-electron chi connectivity index (χ0n) is 14.8. The van der Waals surface area contributed by atoms with Gasteiger partial charge in [-0.05, 0) is 23.3 Å². The van der Waals surface area contributed by atoms with Crippen LogP contribution in [-0.4, -0.2) is 17.0 Å². The van der Waals surface area contributed by atoms with Gasteiger partial charge in [-0.1, -0.05) is 42.5 Å². The summed E-state index contributed by atoms with van der Waals surface area (Å²) >= 11 is 1.04. The van der Waals surface area contributed by atoms with E-state index in [1.807, 2.05) is 0 Å². The van der Waals surface area contributed by atoms with Crippen LogP contribution in [0.5, 0.6) is 0 Å². The van der Waals surface area contributed by atoms with Gasteiger partial charge in [0.1, 0.15) is 4.88 Å². The van der Waals surface area contributed by atoms with Crippen LogP contribution in [-0.2, 0) is 11.0 Å². The van der Waals surface area contributed by atoms with E-state index in [4.69, 9.17) is 0 Å². The van der Waals surface area contributed by atoms with E-state index >= 15 is 0 Å². The summed E-state index contributed by atoms with van der Waals surface area (Å²) in [6.45, 7) is 0. The van der Waals surface area contributed by atoms with Crippen molar-refractivity contribution in [2.45, 2.75) is 18.5 Å². The SMILES string of the molecule is O=C1C[C@H](c2ccc(C(F)(F)F)cc2)c2sc(C(=O)O)c(-c3ccccc3)c2N1. The van der Waals surface area contributed by atoms with Gasteiger partial charge in [0.2, 0.25) is 5.91 Å². The molecule has 1 atom stereocenters. The lowest BCUT2D eigenvalue weighted by molar-refractivity contribution is -0.137. The minimum Gasteiger partial charge on any atom is -0.477 e. The zero-order valence-corrected chi connectivity index (χ0v) is 15.6. The van der Waals surface area contributed by atoms with Gasteiger partial charge in [0, 0.05) is 22.8 Å². The first-order chi connectivity index (χ1) is 13.8. The summed E-state index contributed by atoms with van der Waals surface area (Å²) in [5.41, 5.74) is 1.24. The third kappa shape index (κ3) is 3.51. The summed E-state index contributed by atoms with van der Waals surface area (Å²) in [4.78, 5) is 24.9. The summed E-state index contributed by atoms with van der Waals surface area (Å²) in [6, 6.07) is 13.5. The Kier molecular flexibility index (Phi) is 4.66. The van der Waals surface area contributed by atoms with Crippen molar-refractivity contribution >= 4 is 28.9 Å². The number of carboxylic acid groups (broad SMARTS) is 1. The number of aromatic carboxylic acids is 1. The van der Waals surface area contributed by atoms with Crippen LogP contribution in [0.1, 0.15) is 38.0 Å². The van der Waals surface area contributed by atoms with Crippen LogP contribution < -0.4 is 5.32 Å². The molecule has 0 saturated carbocycles. The average molecular weight is 417 g/mol. The maximum Gasteiger partial charge on any atom is 0.416 e. The molecule has 4 rings (SSSR count). The van der Waals surface area contributed by atoms with Crippen molar-refractivity contribution in [2.75, 3.05) is 5.32 Å². The highest BCUT2D eigenvalue weighted by Gasteiger charge is 2.35. The van der Waals surface area contributed by atoms with E-state index in [0.29, 0.717) is 27.3 Å². The molecule has 8 heteroatoms. The Morgan fingerprint density at radius 1 is 1.07 bits per heavy atom. The van der Waals surface area contributed by atoms with Crippen molar-refractivity contribution < 1.29 is 27.9 Å². The number of benzene rings is 2. The van der Waals surface area contributed by atoms with Crippen LogP contribution in [0.3, 0.4) is 0 Å². The second kappa shape index (κ2) is 7.04. The lowest BCUT2D eigenvalue weighted by atomic mass is 9.88. The summed E-state index contributed by atoms with van der Waals surface area (Å²) < 4.78 is 38.6. The van der Waals surface area contributed by atoms with Crippen molar-refractivity contribution in [3.63, 3.8) is 0 Å². The second-order valence-corrected chi connectivity index (χ2v) is 7.69. The number of carboxylic acids is 1. The second-order valence-electron chi connectivity index (χ2n) is 6.64. The van der Waals surface area contributed by atoms with E-state index in [1.165, 1.54) is 12.1 Å². The molecule has 1 aromatic heterocycles. The number of rotatable bonds is 3. The molecule has 0 radical (unpaired) electrons. The van der Waals surface area contributed by atoms with Crippen molar-refractivity contribution in [1.29, 1.82) is 0 Å². The molecule has 148 valence electrons. The number of hydrogen-bond acceptors (Lipinski definition) is 3. The van der Waals surface area contributed by atoms with Gasteiger partial charge in [-0.25, -0.2) is 4.79 Å². The zero-order chi connectivity index (χ0) is 20.8. The topological polar surface area (TPSA) is 66.4 Å². The maximum atomic E-state index is 12.9. The fourth-order valence-corrected chi connectivity index (χ4v) is 4.74. The number of hydrogen-bond donors (Lipinski definition) is 2. The first-order valence-corrected chi connectivity index (χ1v) is 9.49. The van der Waals surface area contributed by atoms with E-state index in [-0.39, 0.29) is 17.2 Å². The van der Waals surface area contributed by atoms with Gasteiger partial charge in [0.15, 0.2) is 0 Å². The van der Waals surface area contributed by atoms with Gasteiger partial charge in [-0.2, -0.15) is 13.2 Å². The highest BCUT2D eigenvalue weighted by Crippen LogP contribution is 2.49. The van der Waals surface area contributed by atoms with Crippen molar-refractivity contribution in [2.24, 2.45) is 0 Å². The molecular weight excluding hydrogens is 403 g/mol. The van der Waals surface area contributed by atoms with Gasteiger partial charge in [-0.3, -0.25) is 4.79 Å². The summed E-state index contributed by atoms with van der Waals surface area (Å²) in [5, 5.41) is 12.5. The third-order valence-corrected chi connectivity index (χ3v) is 6.09. The monoisotopic (exact) mass is 417 g/mol. The van der Waals surface area contributed by atoms with Crippen LogP contribution in [0.15, 0.2) is 54.6 Å². The van der Waals surface area contributed by atoms with E-state index in [0.717, 1.165) is 23.5 Å². The molecule has 2 heterocycles. The molecule has 1 aliphatic rings. The Hall–Kier alpha value is -3.13. The molecule has 29 heavy (non-hydrogen) atoms. The van der Waals surface area contributed by atoms with E-state index in [9.17, 15) is 27.9 Å². The summed E-state index contributed by atoms with van der Waals surface area (Å²) in [7, 11) is 0. The summed E-state index contributed by atoms with van der Waals surface area (Å²) in [5.74, 6) is -1.94. The van der Waals surface area contributed by atoms with E-state index < -0.39 is 23.6 Å². The lowest BCUT2D eigenvalue weighted by Crippen LogP contribution is -2.22. The van der Waals surface area contributed by atoms with Crippen molar-refractivity contribution in [3.05, 3.63) is 75.5 Å². The summed E-state index contributed by atoms with van der Waals surface area (Å²) in [6.07, 6.45) is -4.42. The smallest absolute Gasteiger partial charge is 0.416 e. The number of carbonyl (C=O) groups excluding carboxylic acids is 1. The fraction of sp³-hybridized carbons (Fsp3) is 0.143. The van der Waals surface area contributed by atoms with Crippen LogP contribution >= 0.6 is 11.3 Å². The molecule has 0 aliphatic carbocycles. The molecule has 1 aliphatic heterocycles. The molecule has 0 unspecified atom stereocenters. The number of thiophene rings is 1. The lowest BCUT2D eigenvalue weighted by Gasteiger charge is -2.24. The Bertz CT molecular complexity index is 1090. The van der Waals surface area contributed by atoms with Crippen LogP contribution in [0.2, 0.25) is 0 Å². The maximum absolute atomic E-state index is 12.9. The number of fused-ring (bicyclic) bond motifs is 1. The molecule has 4 nitrogen and oxygen atoms in total. The van der Waals surface area contributed by atoms with Crippen LogP contribution in [0.4, 0.5) is 18.9 Å². The van der Waals surface area contributed by atoms with E-state index in [2.05, 4.69) is 5.32 Å². The van der Waals surface area contributed by atoms with Crippen molar-refractivity contribution in [3.8, 4) is 11.1 Å². The number of anilines is 1. The Labute approximate surface area is 167 Å². The first-order valence-electron chi connectivity index (χ1n) is 8.68. The number of nitrogens with one attached hydrogen (secondary N) is 1. The van der Waals surface area contributed by atoms with Gasteiger partial charge >= 0.3 is 12.1 Å². The molecule has 2 N–H and O–H groups in total. The molecule has 3 aromatic rings. The number of alkyl halides is 3. The molecule has 2 aromatic carbocycles. The molecule has 0 bridgehead atoms. The normalized spacial score (nSPS) is 16.2. The molecule has 0 fully saturated rings. The molecule has 0 saturated heterocycles. The Balaban J connectivity index is 1.86. The van der Waals surface area contributed by atoms with Gasteiger partial charge < -0.3 is 10.4 Å². The molecule has 1 amide bonds. The minimum atomic E-state index is -4.45. The van der Waals surface area contributed by atoms with Crippen LogP contribution in [0, 0.1) is 0 Å². The van der Waals surface area contributed by atoms with Gasteiger partial charge in [0.05, 0.1) is 11.3 Å². The van der Waals surface area contributed by atoms with Gasteiger partial charge in [-0.15, -0.1) is 11.3 Å². The quantitative estimate of drug-likeness (QED) is 0.582. The Morgan fingerprint density at radius 2 is 1.72 bits per heavy atom. The number of amides is 1. The average Bonchev–Trinajstić information content (AvgIpc) is 3.07. The standard InChI is InChI=1S/C21H14F3NO3S/c22-21(23,24)13-8-6-11(7-9-13)14-10-15(26)25-17-16(12-4-2-1-3-5-12)19(20(27)28)29-18(14)17/h1-9,14H,10H2,(H,25,26)(H,27,28)/t14-/m1/s1. The Morgan fingerprint density at radius 3 is 2.31 bits per heavy atom. The highest BCUT2D eigenvalue weighted by atomic mass is 32.1. The fourth-order valence-electron chi connectivity index (χ4n) is 3.49. The van der Waals surface area contributed by atoms with Gasteiger partial charge in [0.25, 0.3) is 0 Å². The highest BCUT2D eigenvalue weighted by molar-refractivity contribution is 7.15. The van der Waals surface area contributed by atoms with E-state index in [1.54, 1.807) is 30.3 Å². The molecule has 0 spiro atoms. The van der Waals surface area contributed by atoms with Crippen LogP contribution in [0.25, 0.3) is 11.1 Å².